The van der Waals surface area contributed by atoms with Crippen molar-refractivity contribution in [3.05, 3.63) is 212 Å². The Morgan fingerprint density at radius 1 is 0.267 bits per heavy atom. The number of fused-ring (bicyclic) bond motifs is 12. The molecule has 0 fully saturated rings. The summed E-state index contributed by atoms with van der Waals surface area (Å²) in [6.45, 7) is 0. The molecule has 280 valence electrons. The summed E-state index contributed by atoms with van der Waals surface area (Å²) in [4.78, 5) is 0. The average Bonchev–Trinajstić information content (AvgIpc) is 3.84. The molecule has 0 N–H and O–H groups in total. The van der Waals surface area contributed by atoms with Crippen LogP contribution in [0.4, 0.5) is 0 Å². The molecule has 0 atom stereocenters. The van der Waals surface area contributed by atoms with Gasteiger partial charge in [0.25, 0.3) is 0 Å². The predicted molar refractivity (Wildman–Crippen MR) is 257 cm³/mol. The summed E-state index contributed by atoms with van der Waals surface area (Å²) >= 11 is 1.86. The van der Waals surface area contributed by atoms with Gasteiger partial charge in [-0.2, -0.15) is 0 Å². The Balaban J connectivity index is 1.13. The molecule has 13 rings (SSSR count). The minimum Gasteiger partial charge on any atom is -0.310 e. The van der Waals surface area contributed by atoms with Crippen LogP contribution in [0.25, 0.3) is 113 Å². The molecule has 0 radical (unpaired) electrons. The topological polar surface area (TPSA) is 14.8 Å². The Bertz CT molecular complexity index is 3960. The molecule has 3 aromatic heterocycles. The summed E-state index contributed by atoms with van der Waals surface area (Å²) < 4.78 is 9.85. The Labute approximate surface area is 349 Å². The molecule has 3 nitrogen and oxygen atoms in total. The molecule has 4 heteroatoms. The molecule has 0 amide bonds. The first-order chi connectivity index (χ1) is 29.7. The minimum absolute atomic E-state index is 1.11. The second-order valence-corrected chi connectivity index (χ2v) is 16.9. The van der Waals surface area contributed by atoms with Gasteiger partial charge in [-0.15, -0.1) is 11.3 Å². The van der Waals surface area contributed by atoms with Gasteiger partial charge in [0, 0.05) is 69.8 Å². The van der Waals surface area contributed by atoms with E-state index < -0.39 is 0 Å². The number of benzene rings is 10. The van der Waals surface area contributed by atoms with Crippen molar-refractivity contribution < 1.29 is 0 Å². The summed E-state index contributed by atoms with van der Waals surface area (Å²) in [5.74, 6) is 0. The number of thiophene rings is 1. The van der Waals surface area contributed by atoms with Gasteiger partial charge >= 0.3 is 0 Å². The van der Waals surface area contributed by atoms with Crippen molar-refractivity contribution in [2.24, 2.45) is 0 Å². The number of nitrogens with zero attached hydrogens (tertiary/aromatic N) is 3. The molecule has 0 unspecified atom stereocenters. The maximum absolute atomic E-state index is 2.44. The van der Waals surface area contributed by atoms with E-state index >= 15 is 0 Å². The number of hydrogen-bond acceptors (Lipinski definition) is 1. The van der Waals surface area contributed by atoms with Crippen molar-refractivity contribution in [1.29, 1.82) is 0 Å². The van der Waals surface area contributed by atoms with Crippen molar-refractivity contribution in [2.45, 2.75) is 0 Å². The fraction of sp³-hybridized carbons (Fsp3) is 0. The predicted octanol–water partition coefficient (Wildman–Crippen LogP) is 15.6. The SMILES string of the molecule is c1ccc2cc(-n3c4cccc(c4)c4cccc(c4)n(-c4ccc5c(c4)c4ccccc4n5-c4cccc5ccccc45)c4ccc5sc6ccc3cc6c5c4)ccc2c1. The summed E-state index contributed by atoms with van der Waals surface area (Å²) in [5, 5.41) is 12.2. The van der Waals surface area contributed by atoms with E-state index in [4.69, 9.17) is 0 Å². The second kappa shape index (κ2) is 12.9. The molecule has 0 aliphatic heterocycles. The van der Waals surface area contributed by atoms with Gasteiger partial charge in [0.2, 0.25) is 0 Å². The first-order valence-electron chi connectivity index (χ1n) is 20.5. The smallest absolute Gasteiger partial charge is 0.0542 e. The van der Waals surface area contributed by atoms with E-state index in [0.717, 1.165) is 38.8 Å². The maximum atomic E-state index is 2.44. The van der Waals surface area contributed by atoms with Crippen molar-refractivity contribution in [2.75, 3.05) is 0 Å². The standard InChI is InChI=1S/C56H35N3S/c1-2-12-38-30-43(23-22-36(38)10-1)57-41-16-7-14-39(31-41)40-15-8-17-42(32-40)58(46-26-29-56-51(35-46)50-34-45(57)25-28-55(50)60-56)44-24-27-54-49(33-44)48-19-5-6-20-53(48)59(54)52-21-9-13-37-11-3-4-18-47(37)52/h1-35H. The lowest BCUT2D eigenvalue weighted by atomic mass is 10.1. The van der Waals surface area contributed by atoms with Gasteiger partial charge in [-0.1, -0.05) is 109 Å². The third kappa shape index (κ3) is 5.08. The third-order valence-corrected chi connectivity index (χ3v) is 13.6. The normalized spacial score (nSPS) is 12.0. The number of aromatic nitrogens is 3. The highest BCUT2D eigenvalue weighted by atomic mass is 32.1. The van der Waals surface area contributed by atoms with Crippen molar-refractivity contribution >= 4 is 108 Å². The van der Waals surface area contributed by atoms with E-state index in [9.17, 15) is 0 Å². The van der Waals surface area contributed by atoms with E-state index in [1.165, 1.54) is 74.6 Å². The van der Waals surface area contributed by atoms with Crippen LogP contribution in [-0.4, -0.2) is 13.7 Å². The number of hydrogen-bond donors (Lipinski definition) is 0. The highest BCUT2D eigenvalue weighted by Gasteiger charge is 2.16. The minimum atomic E-state index is 1.11. The summed E-state index contributed by atoms with van der Waals surface area (Å²) in [6, 6.07) is 78.6. The Morgan fingerprint density at radius 3 is 1.52 bits per heavy atom. The molecule has 8 bridgehead atoms. The third-order valence-electron chi connectivity index (χ3n) is 12.4. The molecule has 0 aliphatic carbocycles. The highest BCUT2D eigenvalue weighted by molar-refractivity contribution is 7.25. The van der Waals surface area contributed by atoms with Gasteiger partial charge < -0.3 is 13.7 Å². The summed E-state index contributed by atoms with van der Waals surface area (Å²) in [5.41, 5.74) is 10.3. The van der Waals surface area contributed by atoms with E-state index in [2.05, 4.69) is 226 Å². The van der Waals surface area contributed by atoms with Gasteiger partial charge in [0.1, 0.15) is 0 Å². The van der Waals surface area contributed by atoms with Crippen molar-refractivity contribution in [1.82, 2.24) is 13.7 Å². The molecule has 0 saturated heterocycles. The molecule has 0 saturated carbocycles. The molecular formula is C56H35N3S. The highest BCUT2D eigenvalue weighted by Crippen LogP contribution is 2.39. The summed E-state index contributed by atoms with van der Waals surface area (Å²) in [7, 11) is 0. The lowest BCUT2D eigenvalue weighted by Crippen LogP contribution is -1.98. The molecule has 0 aliphatic rings. The van der Waals surface area contributed by atoms with E-state index in [1.807, 2.05) is 11.3 Å². The molecule has 60 heavy (non-hydrogen) atoms. The summed E-state index contributed by atoms with van der Waals surface area (Å²) in [6.07, 6.45) is 0. The van der Waals surface area contributed by atoms with Gasteiger partial charge in [-0.25, -0.2) is 0 Å². The molecule has 3 heterocycles. The zero-order valence-electron chi connectivity index (χ0n) is 32.5. The van der Waals surface area contributed by atoms with Crippen molar-refractivity contribution in [3.8, 4) is 17.1 Å². The Hall–Kier alpha value is -7.66. The fourth-order valence-corrected chi connectivity index (χ4v) is 10.7. The van der Waals surface area contributed by atoms with Gasteiger partial charge in [-0.3, -0.25) is 0 Å². The number of rotatable bonds is 3. The lowest BCUT2D eigenvalue weighted by molar-refractivity contribution is 1.16. The van der Waals surface area contributed by atoms with Crippen LogP contribution in [-0.2, 0) is 0 Å². The van der Waals surface area contributed by atoms with Gasteiger partial charge in [-0.05, 0) is 130 Å². The molecule has 13 aromatic rings. The largest absolute Gasteiger partial charge is 0.310 e. The second-order valence-electron chi connectivity index (χ2n) is 15.8. The number of para-hydroxylation sites is 1. The molecular weight excluding hydrogens is 747 g/mol. The van der Waals surface area contributed by atoms with Crippen LogP contribution in [0.2, 0.25) is 0 Å². The first-order valence-corrected chi connectivity index (χ1v) is 21.3. The quantitative estimate of drug-likeness (QED) is 0.170. The van der Waals surface area contributed by atoms with Crippen LogP contribution < -0.4 is 0 Å². The zero-order valence-corrected chi connectivity index (χ0v) is 33.3. The molecule has 0 spiro atoms. The Morgan fingerprint density at radius 2 is 0.783 bits per heavy atom. The van der Waals surface area contributed by atoms with Crippen molar-refractivity contribution in [3.63, 3.8) is 0 Å². The van der Waals surface area contributed by atoms with E-state index in [1.54, 1.807) is 0 Å². The van der Waals surface area contributed by atoms with E-state index in [-0.39, 0.29) is 0 Å². The first kappa shape index (κ1) is 33.3. The lowest BCUT2D eigenvalue weighted by Gasteiger charge is -2.15. The van der Waals surface area contributed by atoms with Gasteiger partial charge in [0.15, 0.2) is 0 Å². The van der Waals surface area contributed by atoms with Crippen LogP contribution in [0, 0.1) is 0 Å². The van der Waals surface area contributed by atoms with E-state index in [0.29, 0.717) is 0 Å². The van der Waals surface area contributed by atoms with Gasteiger partial charge in [0.05, 0.1) is 16.7 Å². The van der Waals surface area contributed by atoms with Crippen LogP contribution >= 0.6 is 11.3 Å². The van der Waals surface area contributed by atoms with Crippen LogP contribution in [0.1, 0.15) is 0 Å². The van der Waals surface area contributed by atoms with Crippen LogP contribution in [0.3, 0.4) is 0 Å². The van der Waals surface area contributed by atoms with Crippen LogP contribution in [0.5, 0.6) is 0 Å². The van der Waals surface area contributed by atoms with Crippen LogP contribution in [0.15, 0.2) is 212 Å². The monoisotopic (exact) mass is 781 g/mol. The molecule has 10 aromatic carbocycles. The maximum Gasteiger partial charge on any atom is 0.0542 e. The zero-order chi connectivity index (χ0) is 39.3. The Kier molecular flexibility index (Phi) is 7.18. The fourth-order valence-electron chi connectivity index (χ4n) is 9.65. The average molecular weight is 782 g/mol.